The van der Waals surface area contributed by atoms with E-state index in [0.717, 1.165) is 20.3 Å². The van der Waals surface area contributed by atoms with Crippen LogP contribution in [0.25, 0.3) is 11.6 Å². The summed E-state index contributed by atoms with van der Waals surface area (Å²) in [4.78, 5) is 4.19. The van der Waals surface area contributed by atoms with Gasteiger partial charge in [0.15, 0.2) is 0 Å². The van der Waals surface area contributed by atoms with Crippen molar-refractivity contribution in [1.82, 2.24) is 4.98 Å². The van der Waals surface area contributed by atoms with Crippen LogP contribution < -0.4 is 4.74 Å². The van der Waals surface area contributed by atoms with E-state index in [-0.39, 0.29) is 0 Å². The molecule has 0 aliphatic rings. The zero-order valence-corrected chi connectivity index (χ0v) is 13.8. The number of benzene rings is 1. The average Bonchev–Trinajstić information content (AvgIpc) is 2.45. The third kappa shape index (κ3) is 3.27. The third-order valence-corrected chi connectivity index (χ3v) is 3.78. The van der Waals surface area contributed by atoms with Gasteiger partial charge < -0.3 is 4.74 Å². The number of rotatable bonds is 3. The van der Waals surface area contributed by atoms with Gasteiger partial charge in [0, 0.05) is 6.20 Å². The van der Waals surface area contributed by atoms with Gasteiger partial charge in [-0.3, -0.25) is 4.98 Å². The van der Waals surface area contributed by atoms with Crippen LogP contribution in [0.15, 0.2) is 45.5 Å². The molecule has 1 aromatic heterocycles. The summed E-state index contributed by atoms with van der Waals surface area (Å²) in [6.45, 7) is 0. The Balaban J connectivity index is 2.47. The fourth-order valence-corrected chi connectivity index (χ4v) is 3.26. The van der Waals surface area contributed by atoms with Crippen LogP contribution in [-0.2, 0) is 0 Å². The molecule has 0 fully saturated rings. The van der Waals surface area contributed by atoms with Gasteiger partial charge in [-0.1, -0.05) is 6.07 Å². The van der Waals surface area contributed by atoms with E-state index in [4.69, 9.17) is 4.74 Å². The van der Waals surface area contributed by atoms with E-state index in [9.17, 15) is 5.26 Å². The van der Waals surface area contributed by atoms with Gasteiger partial charge in [0.1, 0.15) is 11.8 Å². The van der Waals surface area contributed by atoms with Crippen molar-refractivity contribution in [2.24, 2.45) is 0 Å². The fourth-order valence-electron chi connectivity index (χ4n) is 1.71. The Morgan fingerprint density at radius 1 is 1.30 bits per heavy atom. The van der Waals surface area contributed by atoms with Crippen LogP contribution in [0.4, 0.5) is 0 Å². The van der Waals surface area contributed by atoms with Gasteiger partial charge in [-0.05, 0) is 67.8 Å². The zero-order valence-electron chi connectivity index (χ0n) is 10.6. The first-order valence-electron chi connectivity index (χ1n) is 5.72. The molecule has 0 radical (unpaired) electrons. The van der Waals surface area contributed by atoms with Gasteiger partial charge >= 0.3 is 0 Å². The number of hydrogen-bond donors (Lipinski definition) is 0. The van der Waals surface area contributed by atoms with E-state index < -0.39 is 0 Å². The monoisotopic (exact) mass is 392 g/mol. The molecule has 1 heterocycles. The standard InChI is InChI=1S/C15H10Br2N2O/c1-20-15-12(16)7-10(8-13(15)17)6-11(9-18)14-4-2-3-5-19-14/h2-8H,1H3/b11-6+. The smallest absolute Gasteiger partial charge is 0.147 e. The second kappa shape index (κ2) is 6.69. The summed E-state index contributed by atoms with van der Waals surface area (Å²) in [5.74, 6) is 0.721. The van der Waals surface area contributed by atoms with E-state index >= 15 is 0 Å². The van der Waals surface area contributed by atoms with Crippen LogP contribution in [0.1, 0.15) is 11.3 Å². The Bertz CT molecular complexity index is 668. The van der Waals surface area contributed by atoms with Crippen molar-refractivity contribution in [2.75, 3.05) is 7.11 Å². The zero-order chi connectivity index (χ0) is 14.5. The lowest BCUT2D eigenvalue weighted by molar-refractivity contribution is 0.409. The van der Waals surface area contributed by atoms with Crippen LogP contribution in [-0.4, -0.2) is 12.1 Å². The molecule has 0 atom stereocenters. The van der Waals surface area contributed by atoms with Crippen LogP contribution in [0.5, 0.6) is 5.75 Å². The number of nitrogens with zero attached hydrogens (tertiary/aromatic N) is 2. The summed E-state index contributed by atoms with van der Waals surface area (Å²) in [7, 11) is 1.61. The highest BCUT2D eigenvalue weighted by atomic mass is 79.9. The molecule has 0 aliphatic heterocycles. The van der Waals surface area contributed by atoms with Gasteiger partial charge in [0.25, 0.3) is 0 Å². The Morgan fingerprint density at radius 2 is 2.00 bits per heavy atom. The molecule has 0 spiro atoms. The Hall–Kier alpha value is -1.64. The molecule has 20 heavy (non-hydrogen) atoms. The van der Waals surface area contributed by atoms with Crippen LogP contribution in [0.2, 0.25) is 0 Å². The number of ether oxygens (including phenoxy) is 1. The van der Waals surface area contributed by atoms with Gasteiger partial charge in [0.2, 0.25) is 0 Å². The van der Waals surface area contributed by atoms with E-state index in [1.54, 1.807) is 19.4 Å². The first-order valence-corrected chi connectivity index (χ1v) is 7.30. The van der Waals surface area contributed by atoms with Crippen molar-refractivity contribution >= 4 is 43.5 Å². The number of nitriles is 1. The van der Waals surface area contributed by atoms with Crippen molar-refractivity contribution in [3.05, 3.63) is 56.7 Å². The lowest BCUT2D eigenvalue weighted by atomic mass is 10.1. The first kappa shape index (κ1) is 14.8. The summed E-state index contributed by atoms with van der Waals surface area (Å²) in [5.41, 5.74) is 2.04. The highest BCUT2D eigenvalue weighted by Crippen LogP contribution is 2.35. The molecule has 0 saturated heterocycles. The average molecular weight is 394 g/mol. The topological polar surface area (TPSA) is 45.9 Å². The second-order valence-corrected chi connectivity index (χ2v) is 5.61. The minimum atomic E-state index is 0.509. The number of pyridine rings is 1. The number of allylic oxidation sites excluding steroid dienone is 1. The Kier molecular flexibility index (Phi) is 4.94. The molecule has 2 rings (SSSR count). The minimum Gasteiger partial charge on any atom is -0.494 e. The maximum Gasteiger partial charge on any atom is 0.147 e. The molecule has 0 aliphatic carbocycles. The van der Waals surface area contributed by atoms with Crippen LogP contribution in [0, 0.1) is 11.3 Å². The number of methoxy groups -OCH3 is 1. The van der Waals surface area contributed by atoms with Crippen molar-refractivity contribution in [3.63, 3.8) is 0 Å². The summed E-state index contributed by atoms with van der Waals surface area (Å²) in [6.07, 6.45) is 3.46. The molecule has 0 amide bonds. The third-order valence-electron chi connectivity index (χ3n) is 2.60. The summed E-state index contributed by atoms with van der Waals surface area (Å²) in [6, 6.07) is 11.4. The highest BCUT2D eigenvalue weighted by Gasteiger charge is 2.08. The summed E-state index contributed by atoms with van der Waals surface area (Å²) in [5, 5.41) is 9.27. The van der Waals surface area contributed by atoms with E-state index in [2.05, 4.69) is 42.9 Å². The van der Waals surface area contributed by atoms with E-state index in [1.165, 1.54) is 0 Å². The van der Waals surface area contributed by atoms with Crippen molar-refractivity contribution < 1.29 is 4.74 Å². The quantitative estimate of drug-likeness (QED) is 0.711. The molecule has 0 N–H and O–H groups in total. The van der Waals surface area contributed by atoms with E-state index in [1.807, 2.05) is 30.3 Å². The SMILES string of the molecule is COc1c(Br)cc(/C=C(\C#N)c2ccccn2)cc1Br. The lowest BCUT2D eigenvalue weighted by Crippen LogP contribution is -1.89. The molecule has 0 saturated carbocycles. The van der Waals surface area contributed by atoms with Gasteiger partial charge in [-0.2, -0.15) is 5.26 Å². The molecular formula is C15H10Br2N2O. The Morgan fingerprint density at radius 3 is 2.50 bits per heavy atom. The van der Waals surface area contributed by atoms with Gasteiger partial charge in [-0.25, -0.2) is 0 Å². The van der Waals surface area contributed by atoms with Crippen LogP contribution >= 0.6 is 31.9 Å². The molecule has 0 unspecified atom stereocenters. The normalized spacial score (nSPS) is 11.0. The predicted molar refractivity (Wildman–Crippen MR) is 86.1 cm³/mol. The number of hydrogen-bond acceptors (Lipinski definition) is 3. The maximum absolute atomic E-state index is 9.27. The number of halogens is 2. The summed E-state index contributed by atoms with van der Waals surface area (Å²) >= 11 is 6.89. The van der Waals surface area contributed by atoms with Crippen molar-refractivity contribution in [2.45, 2.75) is 0 Å². The molecular weight excluding hydrogens is 384 g/mol. The molecule has 2 aromatic rings. The Labute approximate surface area is 134 Å². The highest BCUT2D eigenvalue weighted by molar-refractivity contribution is 9.11. The maximum atomic E-state index is 9.27. The second-order valence-electron chi connectivity index (χ2n) is 3.90. The van der Waals surface area contributed by atoms with Gasteiger partial charge in [-0.15, -0.1) is 0 Å². The minimum absolute atomic E-state index is 0.509. The summed E-state index contributed by atoms with van der Waals surface area (Å²) < 4.78 is 6.89. The molecule has 100 valence electrons. The van der Waals surface area contributed by atoms with Crippen molar-refractivity contribution in [1.29, 1.82) is 5.26 Å². The first-order chi connectivity index (χ1) is 9.65. The van der Waals surface area contributed by atoms with Crippen LogP contribution in [0.3, 0.4) is 0 Å². The fraction of sp³-hybridized carbons (Fsp3) is 0.0667. The molecule has 3 nitrogen and oxygen atoms in total. The number of aromatic nitrogens is 1. The molecule has 5 heteroatoms. The largest absolute Gasteiger partial charge is 0.494 e. The molecule has 1 aromatic carbocycles. The lowest BCUT2D eigenvalue weighted by Gasteiger charge is -2.07. The predicted octanol–water partition coefficient (Wildman–Crippen LogP) is 4.68. The van der Waals surface area contributed by atoms with E-state index in [0.29, 0.717) is 11.3 Å². The molecule has 0 bridgehead atoms. The van der Waals surface area contributed by atoms with Gasteiger partial charge in [0.05, 0.1) is 27.3 Å². The van der Waals surface area contributed by atoms with Crippen molar-refractivity contribution in [3.8, 4) is 11.8 Å².